The lowest BCUT2D eigenvalue weighted by molar-refractivity contribution is -0.141. The maximum atomic E-state index is 12.8. The molecule has 0 bridgehead atoms. The third-order valence-corrected chi connectivity index (χ3v) is 3.11. The van der Waals surface area contributed by atoms with Gasteiger partial charge in [-0.25, -0.2) is 9.97 Å². The number of nitrogen functional groups attached to an aromatic ring is 1. The van der Waals surface area contributed by atoms with E-state index in [9.17, 15) is 26.3 Å². The van der Waals surface area contributed by atoms with Crippen LogP contribution in [0.15, 0.2) is 30.6 Å². The molecule has 146 valence electrons. The van der Waals surface area contributed by atoms with Gasteiger partial charge in [-0.1, -0.05) is 0 Å². The Morgan fingerprint density at radius 1 is 0.750 bits per heavy atom. The minimum absolute atomic E-state index is 0.0798. The predicted molar refractivity (Wildman–Crippen MR) is 82.8 cm³/mol. The van der Waals surface area contributed by atoms with Crippen molar-refractivity contribution < 1.29 is 26.3 Å². The molecule has 3 heterocycles. The Labute approximate surface area is 151 Å². The summed E-state index contributed by atoms with van der Waals surface area (Å²) in [6.45, 7) is 0. The van der Waals surface area contributed by atoms with Gasteiger partial charge in [0.1, 0.15) is 11.4 Å². The number of hydrogen-bond donors (Lipinski definition) is 2. The van der Waals surface area contributed by atoms with Crippen molar-refractivity contribution in [2.75, 3.05) is 11.1 Å². The second-order valence-corrected chi connectivity index (χ2v) is 5.16. The molecular weight excluding hydrogens is 394 g/mol. The van der Waals surface area contributed by atoms with Gasteiger partial charge in [0.2, 0.25) is 17.7 Å². The summed E-state index contributed by atoms with van der Waals surface area (Å²) in [7, 11) is 0. The zero-order chi connectivity index (χ0) is 20.5. The molecule has 3 rings (SSSR count). The summed E-state index contributed by atoms with van der Waals surface area (Å²) in [6.07, 6.45) is -7.63. The molecule has 0 saturated heterocycles. The van der Waals surface area contributed by atoms with Gasteiger partial charge in [-0.05, 0) is 18.2 Å². The highest BCUT2D eigenvalue weighted by atomic mass is 19.4. The molecule has 0 amide bonds. The standard InChI is InChI=1S/C14H8F6N8/c15-13(16,17)7-2-4-23-9(25-7)10-26-11(21)28-12(27-10)24-6-1-3-22-8(5-6)14(18,19)20/h1-5H,(H3,21,22,24,26,27,28). The fourth-order valence-corrected chi connectivity index (χ4v) is 1.96. The Bertz CT molecular complexity index is 1000. The van der Waals surface area contributed by atoms with Gasteiger partial charge in [-0.2, -0.15) is 41.3 Å². The molecule has 14 heteroatoms. The van der Waals surface area contributed by atoms with Crippen molar-refractivity contribution >= 4 is 17.6 Å². The van der Waals surface area contributed by atoms with E-state index in [0.29, 0.717) is 12.1 Å². The van der Waals surface area contributed by atoms with Gasteiger partial charge in [0.25, 0.3) is 0 Å². The predicted octanol–water partition coefficient (Wildman–Crippen LogP) is 3.09. The lowest BCUT2D eigenvalue weighted by Gasteiger charge is -2.10. The van der Waals surface area contributed by atoms with Gasteiger partial charge in [-0.3, -0.25) is 4.98 Å². The van der Waals surface area contributed by atoms with Crippen molar-refractivity contribution in [2.45, 2.75) is 12.4 Å². The largest absolute Gasteiger partial charge is 0.433 e. The van der Waals surface area contributed by atoms with Crippen LogP contribution in [-0.2, 0) is 12.4 Å². The second-order valence-electron chi connectivity index (χ2n) is 5.16. The van der Waals surface area contributed by atoms with E-state index in [-0.39, 0.29) is 11.6 Å². The Hall–Kier alpha value is -3.58. The number of nitrogens with zero attached hydrogens (tertiary/aromatic N) is 6. The number of pyridine rings is 1. The lowest BCUT2D eigenvalue weighted by atomic mass is 10.3. The van der Waals surface area contributed by atoms with Gasteiger partial charge in [0, 0.05) is 18.1 Å². The van der Waals surface area contributed by atoms with E-state index in [2.05, 4.69) is 35.2 Å². The third kappa shape index (κ3) is 4.39. The molecule has 3 N–H and O–H groups in total. The summed E-state index contributed by atoms with van der Waals surface area (Å²) < 4.78 is 76.5. The first-order chi connectivity index (χ1) is 13.0. The topological polar surface area (TPSA) is 115 Å². The van der Waals surface area contributed by atoms with Gasteiger partial charge >= 0.3 is 12.4 Å². The Morgan fingerprint density at radius 3 is 2.11 bits per heavy atom. The zero-order valence-electron chi connectivity index (χ0n) is 13.4. The average Bonchev–Trinajstić information content (AvgIpc) is 2.60. The van der Waals surface area contributed by atoms with Crippen molar-refractivity contribution in [2.24, 2.45) is 0 Å². The molecule has 0 radical (unpaired) electrons. The van der Waals surface area contributed by atoms with E-state index in [0.717, 1.165) is 12.4 Å². The number of alkyl halides is 6. The average molecular weight is 402 g/mol. The minimum Gasteiger partial charge on any atom is -0.368 e. The molecule has 0 aromatic carbocycles. The van der Waals surface area contributed by atoms with E-state index in [1.54, 1.807) is 0 Å². The van der Waals surface area contributed by atoms with Crippen molar-refractivity contribution in [3.63, 3.8) is 0 Å². The second kappa shape index (κ2) is 6.86. The first-order valence-electron chi connectivity index (χ1n) is 7.25. The minimum atomic E-state index is -4.72. The highest BCUT2D eigenvalue weighted by Gasteiger charge is 2.33. The van der Waals surface area contributed by atoms with Crippen molar-refractivity contribution in [1.82, 2.24) is 29.9 Å². The van der Waals surface area contributed by atoms with Gasteiger partial charge < -0.3 is 11.1 Å². The molecule has 0 atom stereocenters. The smallest absolute Gasteiger partial charge is 0.368 e. The highest BCUT2D eigenvalue weighted by molar-refractivity contribution is 5.57. The molecule has 28 heavy (non-hydrogen) atoms. The molecule has 0 aliphatic rings. The molecule has 0 fully saturated rings. The summed E-state index contributed by atoms with van der Waals surface area (Å²) in [5.74, 6) is -1.61. The maximum Gasteiger partial charge on any atom is 0.433 e. The molecule has 0 aliphatic heterocycles. The Morgan fingerprint density at radius 2 is 1.43 bits per heavy atom. The van der Waals surface area contributed by atoms with E-state index < -0.39 is 41.3 Å². The summed E-state index contributed by atoms with van der Waals surface area (Å²) in [5.41, 5.74) is 3.03. The van der Waals surface area contributed by atoms with Crippen LogP contribution in [0.3, 0.4) is 0 Å². The van der Waals surface area contributed by atoms with E-state index >= 15 is 0 Å². The van der Waals surface area contributed by atoms with Gasteiger partial charge in [0.15, 0.2) is 5.82 Å². The molecule has 8 nitrogen and oxygen atoms in total. The normalized spacial score (nSPS) is 12.1. The monoisotopic (exact) mass is 402 g/mol. The molecule has 3 aromatic rings. The van der Waals surface area contributed by atoms with Crippen LogP contribution in [0.4, 0.5) is 43.9 Å². The summed E-state index contributed by atoms with van der Waals surface area (Å²) in [5, 5.41) is 2.45. The summed E-state index contributed by atoms with van der Waals surface area (Å²) >= 11 is 0. The van der Waals surface area contributed by atoms with Crippen molar-refractivity contribution in [3.05, 3.63) is 42.0 Å². The first kappa shape index (κ1) is 19.2. The van der Waals surface area contributed by atoms with Crippen LogP contribution >= 0.6 is 0 Å². The van der Waals surface area contributed by atoms with Gasteiger partial charge in [-0.15, -0.1) is 0 Å². The molecule has 0 spiro atoms. The van der Waals surface area contributed by atoms with Crippen LogP contribution in [0.2, 0.25) is 0 Å². The van der Waals surface area contributed by atoms with Crippen molar-refractivity contribution in [3.8, 4) is 11.6 Å². The number of hydrogen-bond acceptors (Lipinski definition) is 8. The number of nitrogens with two attached hydrogens (primary N) is 1. The number of rotatable bonds is 3. The number of nitrogens with one attached hydrogen (secondary N) is 1. The quantitative estimate of drug-likeness (QED) is 0.643. The third-order valence-electron chi connectivity index (χ3n) is 3.11. The molecule has 0 aliphatic carbocycles. The fraction of sp³-hybridized carbons (Fsp3) is 0.143. The Kier molecular flexibility index (Phi) is 4.70. The maximum absolute atomic E-state index is 12.8. The summed E-state index contributed by atoms with van der Waals surface area (Å²) in [4.78, 5) is 21.3. The van der Waals surface area contributed by atoms with E-state index in [1.165, 1.54) is 6.07 Å². The molecular formula is C14H8F6N8. The van der Waals surface area contributed by atoms with Crippen LogP contribution in [-0.4, -0.2) is 29.9 Å². The van der Waals surface area contributed by atoms with Crippen LogP contribution in [0.5, 0.6) is 0 Å². The van der Waals surface area contributed by atoms with Crippen molar-refractivity contribution in [1.29, 1.82) is 0 Å². The van der Waals surface area contributed by atoms with Crippen LogP contribution in [0, 0.1) is 0 Å². The summed E-state index contributed by atoms with van der Waals surface area (Å²) in [6, 6.07) is 2.55. The Balaban J connectivity index is 1.95. The fourth-order valence-electron chi connectivity index (χ4n) is 1.96. The molecule has 3 aromatic heterocycles. The first-order valence-corrected chi connectivity index (χ1v) is 7.25. The molecule has 0 unspecified atom stereocenters. The molecule has 0 saturated carbocycles. The van der Waals surface area contributed by atoms with E-state index in [1.807, 2.05) is 0 Å². The van der Waals surface area contributed by atoms with Gasteiger partial charge in [0.05, 0.1) is 0 Å². The number of halogens is 6. The lowest BCUT2D eigenvalue weighted by Crippen LogP contribution is -2.11. The zero-order valence-corrected chi connectivity index (χ0v) is 13.4. The van der Waals surface area contributed by atoms with Crippen LogP contribution in [0.1, 0.15) is 11.4 Å². The van der Waals surface area contributed by atoms with Crippen LogP contribution in [0.25, 0.3) is 11.6 Å². The SMILES string of the molecule is Nc1nc(Nc2ccnc(C(F)(F)F)c2)nc(-c2nccc(C(F)(F)F)n2)n1. The number of aromatic nitrogens is 6. The van der Waals surface area contributed by atoms with Crippen LogP contribution < -0.4 is 11.1 Å². The highest BCUT2D eigenvalue weighted by Crippen LogP contribution is 2.30. The number of anilines is 3. The van der Waals surface area contributed by atoms with E-state index in [4.69, 9.17) is 5.73 Å².